The molecule has 0 radical (unpaired) electrons. The number of benzene rings is 1. The van der Waals surface area contributed by atoms with Crippen molar-refractivity contribution in [3.63, 3.8) is 0 Å². The summed E-state index contributed by atoms with van der Waals surface area (Å²) in [5.41, 5.74) is -3.93. The number of hydrogen-bond acceptors (Lipinski definition) is 4. The Hall–Kier alpha value is -2.36. The van der Waals surface area contributed by atoms with Crippen molar-refractivity contribution < 1.29 is 37.0 Å². The molecule has 1 aliphatic rings. The van der Waals surface area contributed by atoms with Crippen LogP contribution in [-0.2, 0) is 9.53 Å². The number of nitrogens with zero attached hydrogens (tertiary/aromatic N) is 1. The van der Waals surface area contributed by atoms with Crippen LogP contribution < -0.4 is 5.32 Å². The van der Waals surface area contributed by atoms with Gasteiger partial charge in [-0.25, -0.2) is 9.18 Å². The van der Waals surface area contributed by atoms with E-state index in [0.29, 0.717) is 7.05 Å². The molecule has 0 aromatic heterocycles. The summed E-state index contributed by atoms with van der Waals surface area (Å²) in [5.74, 6) is -4.40. The molecule has 1 heterocycles. The van der Waals surface area contributed by atoms with Gasteiger partial charge in [-0.1, -0.05) is 12.1 Å². The highest BCUT2D eigenvalue weighted by molar-refractivity contribution is 5.83. The predicted molar refractivity (Wildman–Crippen MR) is 76.6 cm³/mol. The number of nitrogens with one attached hydrogen (secondary N) is 1. The summed E-state index contributed by atoms with van der Waals surface area (Å²) < 4.78 is 59.0. The van der Waals surface area contributed by atoms with Crippen LogP contribution in [0, 0.1) is 11.7 Å². The Bertz CT molecular complexity index is 682. The summed E-state index contributed by atoms with van der Waals surface area (Å²) in [7, 11) is 0.705. The van der Waals surface area contributed by atoms with Gasteiger partial charge < -0.3 is 15.2 Å². The SMILES string of the molecule is CCOC(=O)[C@H]1[C@H](c2cccc(F)c2)NC(=O)N(C)[C@@]1(O)C(F)(F)F. The van der Waals surface area contributed by atoms with Gasteiger partial charge in [0.1, 0.15) is 11.7 Å². The van der Waals surface area contributed by atoms with Gasteiger partial charge in [-0.05, 0) is 24.6 Å². The fraction of sp³-hybridized carbons (Fsp3) is 0.467. The van der Waals surface area contributed by atoms with E-state index in [-0.39, 0.29) is 17.1 Å². The summed E-state index contributed by atoms with van der Waals surface area (Å²) >= 11 is 0. The summed E-state index contributed by atoms with van der Waals surface area (Å²) in [5, 5.41) is 12.5. The smallest absolute Gasteiger partial charge is 0.437 e. The van der Waals surface area contributed by atoms with E-state index in [0.717, 1.165) is 12.1 Å². The molecule has 1 aromatic rings. The number of amides is 2. The molecule has 0 unspecified atom stereocenters. The lowest BCUT2D eigenvalue weighted by molar-refractivity contribution is -0.328. The van der Waals surface area contributed by atoms with E-state index in [9.17, 15) is 32.3 Å². The largest absolute Gasteiger partial charge is 0.466 e. The quantitative estimate of drug-likeness (QED) is 0.635. The van der Waals surface area contributed by atoms with Crippen molar-refractivity contribution >= 4 is 12.0 Å². The van der Waals surface area contributed by atoms with Crippen molar-refractivity contribution in [3.8, 4) is 0 Å². The molecule has 1 saturated heterocycles. The van der Waals surface area contributed by atoms with Gasteiger partial charge in [0.05, 0.1) is 12.6 Å². The molecule has 6 nitrogen and oxygen atoms in total. The maximum Gasteiger partial charge on any atom is 0.437 e. The van der Waals surface area contributed by atoms with Crippen LogP contribution in [0.15, 0.2) is 24.3 Å². The zero-order chi connectivity index (χ0) is 19.0. The van der Waals surface area contributed by atoms with Crippen molar-refractivity contribution in [2.24, 2.45) is 5.92 Å². The molecule has 1 aromatic carbocycles. The normalized spacial score (nSPS) is 27.0. The molecule has 2 rings (SSSR count). The van der Waals surface area contributed by atoms with Crippen LogP contribution in [0.3, 0.4) is 0 Å². The lowest BCUT2D eigenvalue weighted by Gasteiger charge is -2.49. The minimum Gasteiger partial charge on any atom is -0.466 e. The molecule has 0 bridgehead atoms. The van der Waals surface area contributed by atoms with Crippen LogP contribution in [0.1, 0.15) is 18.5 Å². The standard InChI is InChI=1S/C15H16F4N2O4/c1-3-25-12(22)10-11(8-5-4-6-9(16)7-8)20-13(23)21(2)14(10,24)15(17,18)19/h4-7,10-11,24H,3H2,1-2H3,(H,20,23)/t10-,11+,14+/m1/s1. The fourth-order valence-electron chi connectivity index (χ4n) is 2.78. The van der Waals surface area contributed by atoms with Crippen molar-refractivity contribution in [1.29, 1.82) is 0 Å². The lowest BCUT2D eigenvalue weighted by atomic mass is 9.81. The molecule has 0 spiro atoms. The summed E-state index contributed by atoms with van der Waals surface area (Å²) in [4.78, 5) is 24.2. The average molecular weight is 364 g/mol. The van der Waals surface area contributed by atoms with E-state index in [1.54, 1.807) is 0 Å². The Labute approximate surface area is 140 Å². The number of esters is 1. The molecule has 0 aliphatic carbocycles. The van der Waals surface area contributed by atoms with Crippen molar-refractivity contribution in [2.75, 3.05) is 13.7 Å². The van der Waals surface area contributed by atoms with E-state index >= 15 is 0 Å². The van der Waals surface area contributed by atoms with Crippen LogP contribution >= 0.6 is 0 Å². The predicted octanol–water partition coefficient (Wildman–Crippen LogP) is 1.95. The van der Waals surface area contributed by atoms with Gasteiger partial charge in [-0.15, -0.1) is 0 Å². The van der Waals surface area contributed by atoms with Crippen LogP contribution in [0.2, 0.25) is 0 Å². The van der Waals surface area contributed by atoms with Crippen molar-refractivity contribution in [2.45, 2.75) is 24.9 Å². The first-order chi connectivity index (χ1) is 11.5. The van der Waals surface area contributed by atoms with E-state index in [4.69, 9.17) is 0 Å². The molecular formula is C15H16F4N2O4. The number of rotatable bonds is 3. The Morgan fingerprint density at radius 1 is 1.44 bits per heavy atom. The second-order valence-electron chi connectivity index (χ2n) is 5.49. The van der Waals surface area contributed by atoms with E-state index in [1.807, 2.05) is 0 Å². The highest BCUT2D eigenvalue weighted by Crippen LogP contribution is 2.46. The molecule has 10 heteroatoms. The first-order valence-corrected chi connectivity index (χ1v) is 7.29. The van der Waals surface area contributed by atoms with Crippen LogP contribution in [-0.4, -0.2) is 47.6 Å². The molecule has 25 heavy (non-hydrogen) atoms. The first kappa shape index (κ1) is 19.0. The minimum absolute atomic E-state index is 0.00954. The Morgan fingerprint density at radius 2 is 2.08 bits per heavy atom. The van der Waals surface area contributed by atoms with Crippen LogP contribution in [0.5, 0.6) is 0 Å². The minimum atomic E-state index is -5.36. The highest BCUT2D eigenvalue weighted by Gasteiger charge is 2.69. The van der Waals surface area contributed by atoms with Crippen molar-refractivity contribution in [3.05, 3.63) is 35.6 Å². The first-order valence-electron chi connectivity index (χ1n) is 7.29. The second-order valence-corrected chi connectivity index (χ2v) is 5.49. The molecule has 138 valence electrons. The zero-order valence-electron chi connectivity index (χ0n) is 13.3. The molecule has 3 atom stereocenters. The summed E-state index contributed by atoms with van der Waals surface area (Å²) in [6.45, 7) is 1.14. The number of carbonyl (C=O) groups excluding carboxylic acids is 2. The van der Waals surface area contributed by atoms with Gasteiger partial charge in [0.25, 0.3) is 5.72 Å². The maximum atomic E-state index is 13.6. The van der Waals surface area contributed by atoms with Gasteiger partial charge in [-0.2, -0.15) is 13.2 Å². The topological polar surface area (TPSA) is 78.9 Å². The molecule has 1 aliphatic heterocycles. The average Bonchev–Trinajstić information content (AvgIpc) is 2.51. The number of urea groups is 1. The van der Waals surface area contributed by atoms with Gasteiger partial charge in [0, 0.05) is 7.05 Å². The molecule has 2 N–H and O–H groups in total. The second kappa shape index (κ2) is 6.51. The number of halogens is 4. The Balaban J connectivity index is 2.64. The number of hydrogen-bond donors (Lipinski definition) is 2. The Morgan fingerprint density at radius 3 is 2.60 bits per heavy atom. The molecule has 1 fully saturated rings. The third-order valence-corrected chi connectivity index (χ3v) is 4.03. The number of alkyl halides is 3. The van der Waals surface area contributed by atoms with Crippen LogP contribution in [0.4, 0.5) is 22.4 Å². The third kappa shape index (κ3) is 3.13. The van der Waals surface area contributed by atoms with E-state index in [2.05, 4.69) is 10.1 Å². The van der Waals surface area contributed by atoms with E-state index in [1.165, 1.54) is 19.1 Å². The molecule has 2 amide bonds. The third-order valence-electron chi connectivity index (χ3n) is 4.03. The van der Waals surface area contributed by atoms with Gasteiger partial charge in [-0.3, -0.25) is 9.69 Å². The monoisotopic (exact) mass is 364 g/mol. The highest BCUT2D eigenvalue weighted by atomic mass is 19.4. The zero-order valence-corrected chi connectivity index (χ0v) is 13.3. The lowest BCUT2D eigenvalue weighted by Crippen LogP contribution is -2.73. The van der Waals surface area contributed by atoms with Gasteiger partial charge >= 0.3 is 18.2 Å². The summed E-state index contributed by atoms with van der Waals surface area (Å²) in [6, 6.07) is 1.47. The maximum absolute atomic E-state index is 13.6. The number of ether oxygens (including phenoxy) is 1. The molecule has 0 saturated carbocycles. The van der Waals surface area contributed by atoms with Gasteiger partial charge in [0.2, 0.25) is 0 Å². The molecular weight excluding hydrogens is 348 g/mol. The fourth-order valence-corrected chi connectivity index (χ4v) is 2.78. The Kier molecular flexibility index (Phi) is 4.94. The summed E-state index contributed by atoms with van der Waals surface area (Å²) in [6.07, 6.45) is -5.36. The van der Waals surface area contributed by atoms with Gasteiger partial charge in [0.15, 0.2) is 0 Å². The number of carbonyl (C=O) groups is 2. The van der Waals surface area contributed by atoms with Crippen molar-refractivity contribution in [1.82, 2.24) is 10.2 Å². The van der Waals surface area contributed by atoms with E-state index < -0.39 is 41.7 Å². The number of aliphatic hydroxyl groups is 1. The van der Waals surface area contributed by atoms with Crippen LogP contribution in [0.25, 0.3) is 0 Å².